The lowest BCUT2D eigenvalue weighted by Crippen LogP contribution is -2.20. The number of aromatic nitrogens is 3. The number of H-pyrrole nitrogens is 1. The summed E-state index contributed by atoms with van der Waals surface area (Å²) in [5.74, 6) is 0.860. The molecule has 0 fully saturated rings. The minimum Gasteiger partial charge on any atom is -0.453 e. The third-order valence-corrected chi connectivity index (χ3v) is 4.90. The second-order valence-electron chi connectivity index (χ2n) is 7.00. The monoisotopic (exact) mass is 382 g/mol. The molecule has 142 valence electrons. The Morgan fingerprint density at radius 3 is 2.66 bits per heavy atom. The molecule has 3 aromatic heterocycles. The summed E-state index contributed by atoms with van der Waals surface area (Å²) < 4.78 is 7.28. The van der Waals surface area contributed by atoms with Crippen LogP contribution >= 0.6 is 0 Å². The van der Waals surface area contributed by atoms with Crippen molar-refractivity contribution in [3.05, 3.63) is 88.0 Å². The predicted molar refractivity (Wildman–Crippen MR) is 114 cm³/mol. The van der Waals surface area contributed by atoms with Crippen molar-refractivity contribution >= 4 is 28.1 Å². The van der Waals surface area contributed by atoms with Gasteiger partial charge in [0, 0.05) is 22.3 Å². The van der Waals surface area contributed by atoms with Gasteiger partial charge in [0.2, 0.25) is 5.82 Å². The summed E-state index contributed by atoms with van der Waals surface area (Å²) >= 11 is 0. The van der Waals surface area contributed by atoms with Crippen molar-refractivity contribution in [2.24, 2.45) is 5.10 Å². The highest BCUT2D eigenvalue weighted by molar-refractivity contribution is 5.85. The van der Waals surface area contributed by atoms with Gasteiger partial charge in [0.1, 0.15) is 5.58 Å². The molecule has 0 aliphatic heterocycles. The number of rotatable bonds is 3. The maximum absolute atomic E-state index is 13.2. The Balaban J connectivity index is 1.76. The molecule has 0 radical (unpaired) electrons. The molecule has 6 heteroatoms. The molecule has 0 unspecified atom stereocenters. The third kappa shape index (κ3) is 2.95. The smallest absolute Gasteiger partial charge is 0.282 e. The third-order valence-electron chi connectivity index (χ3n) is 4.90. The highest BCUT2D eigenvalue weighted by Gasteiger charge is 2.16. The van der Waals surface area contributed by atoms with Crippen LogP contribution in [0, 0.1) is 13.8 Å². The topological polar surface area (TPSA) is 76.2 Å². The van der Waals surface area contributed by atoms with Crippen LogP contribution in [0.4, 0.5) is 0 Å². The summed E-state index contributed by atoms with van der Waals surface area (Å²) in [6.07, 6.45) is 1.67. The van der Waals surface area contributed by atoms with E-state index in [1.54, 1.807) is 12.3 Å². The van der Waals surface area contributed by atoms with Gasteiger partial charge in [0.05, 0.1) is 17.1 Å². The normalized spacial score (nSPS) is 11.8. The molecule has 3 heterocycles. The van der Waals surface area contributed by atoms with Gasteiger partial charge in [0.25, 0.3) is 5.56 Å². The number of aromatic amines is 1. The molecule has 0 amide bonds. The fourth-order valence-electron chi connectivity index (χ4n) is 3.48. The summed E-state index contributed by atoms with van der Waals surface area (Å²) in [5, 5.41) is 5.93. The average Bonchev–Trinajstić information content (AvgIpc) is 3.29. The first kappa shape index (κ1) is 17.2. The number of aryl methyl sites for hydroxylation is 2. The fourth-order valence-corrected chi connectivity index (χ4v) is 3.48. The molecule has 0 spiro atoms. The Morgan fingerprint density at radius 1 is 1.07 bits per heavy atom. The molecule has 0 atom stereocenters. The van der Waals surface area contributed by atoms with E-state index in [4.69, 9.17) is 4.42 Å². The van der Waals surface area contributed by atoms with Gasteiger partial charge >= 0.3 is 0 Å². The summed E-state index contributed by atoms with van der Waals surface area (Å²) in [6.45, 7) is 3.95. The van der Waals surface area contributed by atoms with Crippen molar-refractivity contribution in [2.45, 2.75) is 13.8 Å². The van der Waals surface area contributed by atoms with Crippen molar-refractivity contribution in [2.75, 3.05) is 0 Å². The maximum Gasteiger partial charge on any atom is 0.282 e. The zero-order valence-corrected chi connectivity index (χ0v) is 16.0. The molecule has 5 aromatic rings. The maximum atomic E-state index is 13.2. The minimum atomic E-state index is -0.243. The zero-order chi connectivity index (χ0) is 20.0. The van der Waals surface area contributed by atoms with E-state index in [1.165, 1.54) is 4.68 Å². The molecule has 0 aliphatic rings. The zero-order valence-electron chi connectivity index (χ0n) is 16.0. The molecule has 1 N–H and O–H groups in total. The number of para-hydroxylation sites is 2. The van der Waals surface area contributed by atoms with E-state index in [0.29, 0.717) is 22.5 Å². The van der Waals surface area contributed by atoms with E-state index in [9.17, 15) is 4.79 Å². The molecular weight excluding hydrogens is 364 g/mol. The fraction of sp³-hybridized carbons (Fsp3) is 0.0870. The first-order valence-electron chi connectivity index (χ1n) is 9.31. The van der Waals surface area contributed by atoms with Gasteiger partial charge in [-0.2, -0.15) is 9.78 Å². The van der Waals surface area contributed by atoms with Crippen LogP contribution < -0.4 is 5.56 Å². The van der Waals surface area contributed by atoms with E-state index >= 15 is 0 Å². The van der Waals surface area contributed by atoms with Crippen LogP contribution in [0.25, 0.3) is 33.5 Å². The number of nitrogens with one attached hydrogen (secondary N) is 1. The number of fused-ring (bicyclic) bond motifs is 2. The molecule has 0 aliphatic carbocycles. The highest BCUT2D eigenvalue weighted by atomic mass is 16.3. The Morgan fingerprint density at radius 2 is 1.86 bits per heavy atom. The van der Waals surface area contributed by atoms with Gasteiger partial charge in [-0.05, 0) is 44.2 Å². The number of hydrogen-bond acceptors (Lipinski definition) is 4. The van der Waals surface area contributed by atoms with E-state index in [0.717, 1.165) is 27.9 Å². The van der Waals surface area contributed by atoms with E-state index in [1.807, 2.05) is 68.4 Å². The average molecular weight is 382 g/mol. The van der Waals surface area contributed by atoms with E-state index in [2.05, 4.69) is 15.1 Å². The number of benzene rings is 2. The molecule has 0 saturated carbocycles. The van der Waals surface area contributed by atoms with Crippen LogP contribution in [0.2, 0.25) is 0 Å². The van der Waals surface area contributed by atoms with Gasteiger partial charge in [-0.15, -0.1) is 0 Å². The summed E-state index contributed by atoms with van der Waals surface area (Å²) in [7, 11) is 0. The van der Waals surface area contributed by atoms with Crippen LogP contribution in [-0.2, 0) is 0 Å². The second-order valence-corrected chi connectivity index (χ2v) is 7.00. The molecule has 2 aromatic carbocycles. The molecule has 29 heavy (non-hydrogen) atoms. The van der Waals surface area contributed by atoms with Crippen LogP contribution in [0.5, 0.6) is 0 Å². The number of furan rings is 1. The molecular formula is C23H18N4O2. The van der Waals surface area contributed by atoms with Crippen LogP contribution in [0.15, 0.2) is 75.0 Å². The summed E-state index contributed by atoms with van der Waals surface area (Å²) in [6, 6.07) is 18.8. The van der Waals surface area contributed by atoms with Crippen LogP contribution in [-0.4, -0.2) is 20.9 Å². The Bertz CT molecular complexity index is 1420. The first-order chi connectivity index (χ1) is 14.1. The van der Waals surface area contributed by atoms with Crippen molar-refractivity contribution in [3.8, 4) is 11.6 Å². The van der Waals surface area contributed by atoms with Crippen molar-refractivity contribution in [1.29, 1.82) is 0 Å². The highest BCUT2D eigenvalue weighted by Crippen LogP contribution is 2.27. The predicted octanol–water partition coefficient (Wildman–Crippen LogP) is 4.64. The largest absolute Gasteiger partial charge is 0.453 e. The van der Waals surface area contributed by atoms with Crippen molar-refractivity contribution in [1.82, 2.24) is 14.6 Å². The lowest BCUT2D eigenvalue weighted by Gasteiger charge is -2.07. The van der Waals surface area contributed by atoms with Gasteiger partial charge in [-0.25, -0.2) is 4.98 Å². The van der Waals surface area contributed by atoms with E-state index < -0.39 is 0 Å². The second kappa shape index (κ2) is 6.60. The van der Waals surface area contributed by atoms with Gasteiger partial charge in [0.15, 0.2) is 5.76 Å². The molecule has 0 bridgehead atoms. The van der Waals surface area contributed by atoms with E-state index in [-0.39, 0.29) is 5.56 Å². The molecule has 6 nitrogen and oxygen atoms in total. The molecule has 5 rings (SSSR count). The van der Waals surface area contributed by atoms with Crippen LogP contribution in [0.3, 0.4) is 0 Å². The number of hydrogen-bond donors (Lipinski definition) is 1. The standard InChI is InChI=1S/C23H18N4O2/c1-14-11-17(15(2)25-14)13-24-27-22(21-12-16-7-3-6-10-20(16)29-21)26-19-9-5-4-8-18(19)23(27)28/h3-13,25H,1-2H3. The minimum absolute atomic E-state index is 0.243. The quantitative estimate of drug-likeness (QED) is 0.462. The Kier molecular flexibility index (Phi) is 3.91. The first-order valence-corrected chi connectivity index (χ1v) is 9.31. The van der Waals surface area contributed by atoms with Gasteiger partial charge < -0.3 is 9.40 Å². The van der Waals surface area contributed by atoms with Gasteiger partial charge in [-0.3, -0.25) is 4.79 Å². The Labute approximate surface area is 166 Å². The number of nitrogens with zero attached hydrogens (tertiary/aromatic N) is 3. The van der Waals surface area contributed by atoms with Crippen molar-refractivity contribution < 1.29 is 4.42 Å². The molecule has 0 saturated heterocycles. The SMILES string of the molecule is Cc1cc(C=Nn2c(-c3cc4ccccc4o3)nc3ccccc3c2=O)c(C)[nH]1. The van der Waals surface area contributed by atoms with Gasteiger partial charge in [-0.1, -0.05) is 30.3 Å². The summed E-state index contributed by atoms with van der Waals surface area (Å²) in [4.78, 5) is 21.1. The lowest BCUT2D eigenvalue weighted by atomic mass is 10.2. The lowest BCUT2D eigenvalue weighted by molar-refractivity contribution is 0.616. The van der Waals surface area contributed by atoms with Crippen LogP contribution in [0.1, 0.15) is 17.0 Å². The van der Waals surface area contributed by atoms with Crippen molar-refractivity contribution in [3.63, 3.8) is 0 Å². The summed E-state index contributed by atoms with van der Waals surface area (Å²) in [5.41, 5.74) is 4.03. The Hall–Kier alpha value is -3.93.